The van der Waals surface area contributed by atoms with Gasteiger partial charge in [-0.2, -0.15) is 0 Å². The SMILES string of the molecule is CC/C=C\C/C=C\C/C=C\C/C=C\C/C=C\C/C=C\C/C=C\C/C=C\C/C=C\C/C=C\C/C=C\CCCCCCCC(=O)OC(COC(=O)CCCCCCCCCCCCCCCCCCCCCCC)COP(=O)([O-])OCC[N+](C)(C)C. The first-order valence-electron chi connectivity index (χ1n) is 33.9. The van der Waals surface area contributed by atoms with Crippen molar-refractivity contribution < 1.29 is 42.1 Å². The number of nitrogens with zero attached hydrogens (tertiary/aromatic N) is 1. The van der Waals surface area contributed by atoms with Crippen LogP contribution in [0.4, 0.5) is 0 Å². The molecular weight excluding hydrogens is 1060 g/mol. The highest BCUT2D eigenvalue weighted by Crippen LogP contribution is 2.38. The van der Waals surface area contributed by atoms with Gasteiger partial charge >= 0.3 is 11.9 Å². The molecule has 480 valence electrons. The second-order valence-corrected chi connectivity index (χ2v) is 24.9. The van der Waals surface area contributed by atoms with Crippen LogP contribution >= 0.6 is 7.82 Å². The Bertz CT molecular complexity index is 1880. The number of esters is 2. The van der Waals surface area contributed by atoms with Crippen LogP contribution in [0.1, 0.15) is 271 Å². The molecule has 0 aromatic heterocycles. The lowest BCUT2D eigenvalue weighted by Gasteiger charge is -2.28. The predicted molar refractivity (Wildman–Crippen MR) is 360 cm³/mol. The van der Waals surface area contributed by atoms with E-state index >= 15 is 0 Å². The number of rotatable bonds is 61. The van der Waals surface area contributed by atoms with E-state index in [0.29, 0.717) is 17.4 Å². The van der Waals surface area contributed by atoms with Gasteiger partial charge < -0.3 is 27.9 Å². The molecule has 0 aliphatic rings. The first-order valence-corrected chi connectivity index (χ1v) is 35.4. The molecule has 0 aromatic rings. The van der Waals surface area contributed by atoms with E-state index in [2.05, 4.69) is 148 Å². The Morgan fingerprint density at radius 2 is 0.679 bits per heavy atom. The van der Waals surface area contributed by atoms with Gasteiger partial charge in [0.05, 0.1) is 27.7 Å². The number of phosphoric ester groups is 1. The zero-order valence-electron chi connectivity index (χ0n) is 54.6. The zero-order chi connectivity index (χ0) is 61.2. The molecule has 0 aliphatic heterocycles. The van der Waals surface area contributed by atoms with Gasteiger partial charge in [-0.15, -0.1) is 0 Å². The highest BCUT2D eigenvalue weighted by molar-refractivity contribution is 7.45. The van der Waals surface area contributed by atoms with Gasteiger partial charge in [-0.1, -0.05) is 295 Å². The van der Waals surface area contributed by atoms with E-state index in [4.69, 9.17) is 18.5 Å². The summed E-state index contributed by atoms with van der Waals surface area (Å²) in [5, 5.41) is 0. The monoisotopic (exact) mass is 1190 g/mol. The second kappa shape index (κ2) is 63.6. The van der Waals surface area contributed by atoms with E-state index in [1.165, 1.54) is 116 Å². The summed E-state index contributed by atoms with van der Waals surface area (Å²) in [6.45, 7) is 4.12. The fraction of sp³-hybridized carbons (Fsp3) is 0.676. The third kappa shape index (κ3) is 67.3. The Kier molecular flexibility index (Phi) is 60.7. The fourth-order valence-electron chi connectivity index (χ4n) is 9.02. The molecule has 84 heavy (non-hydrogen) atoms. The van der Waals surface area contributed by atoms with Gasteiger partial charge in [0.25, 0.3) is 7.82 Å². The highest BCUT2D eigenvalue weighted by Gasteiger charge is 2.22. The summed E-state index contributed by atoms with van der Waals surface area (Å²) in [5.41, 5.74) is 0. The smallest absolute Gasteiger partial charge is 0.306 e. The van der Waals surface area contributed by atoms with Gasteiger partial charge in [-0.05, 0) is 96.3 Å². The molecule has 0 saturated heterocycles. The number of unbranched alkanes of at least 4 members (excludes halogenated alkanes) is 25. The molecule has 0 radical (unpaired) electrons. The maximum Gasteiger partial charge on any atom is 0.306 e. The number of phosphoric acid groups is 1. The zero-order valence-corrected chi connectivity index (χ0v) is 55.4. The molecule has 0 N–H and O–H groups in total. The van der Waals surface area contributed by atoms with Crippen molar-refractivity contribution >= 4 is 19.8 Å². The van der Waals surface area contributed by atoms with Crippen molar-refractivity contribution in [3.63, 3.8) is 0 Å². The summed E-state index contributed by atoms with van der Waals surface area (Å²) < 4.78 is 34.2. The molecule has 0 saturated carbocycles. The molecule has 0 amide bonds. The number of ether oxygens (including phenoxy) is 2. The average Bonchev–Trinajstić information content (AvgIpc) is 3.61. The van der Waals surface area contributed by atoms with Crippen LogP contribution in [0.15, 0.2) is 134 Å². The quantitative estimate of drug-likeness (QED) is 0.0195. The molecule has 0 aromatic carbocycles. The lowest BCUT2D eigenvalue weighted by molar-refractivity contribution is -0.870. The number of hydrogen-bond donors (Lipinski definition) is 0. The minimum Gasteiger partial charge on any atom is -0.756 e. The Morgan fingerprint density at radius 3 is 1.01 bits per heavy atom. The average molecular weight is 1190 g/mol. The van der Waals surface area contributed by atoms with Crippen molar-refractivity contribution in [3.05, 3.63) is 134 Å². The van der Waals surface area contributed by atoms with Crippen LogP contribution in [0.2, 0.25) is 0 Å². The van der Waals surface area contributed by atoms with Crippen molar-refractivity contribution in [1.29, 1.82) is 0 Å². The van der Waals surface area contributed by atoms with Gasteiger partial charge in [0.1, 0.15) is 19.8 Å². The Balaban J connectivity index is 4.16. The molecule has 2 atom stereocenters. The summed E-state index contributed by atoms with van der Waals surface area (Å²) >= 11 is 0. The molecule has 0 rings (SSSR count). The van der Waals surface area contributed by atoms with Crippen molar-refractivity contribution in [2.24, 2.45) is 0 Å². The van der Waals surface area contributed by atoms with Crippen LogP contribution in [0.3, 0.4) is 0 Å². The minimum absolute atomic E-state index is 0.0400. The highest BCUT2D eigenvalue weighted by atomic mass is 31.2. The van der Waals surface area contributed by atoms with Crippen molar-refractivity contribution in [1.82, 2.24) is 0 Å². The first kappa shape index (κ1) is 80.2. The normalized spacial score (nSPS) is 14.0. The molecule has 0 aliphatic carbocycles. The number of quaternary nitrogens is 1. The topological polar surface area (TPSA) is 111 Å². The molecule has 0 heterocycles. The molecule has 10 heteroatoms. The molecule has 0 fully saturated rings. The van der Waals surface area contributed by atoms with Crippen LogP contribution in [-0.2, 0) is 32.7 Å². The van der Waals surface area contributed by atoms with E-state index < -0.39 is 26.5 Å². The fourth-order valence-corrected chi connectivity index (χ4v) is 9.74. The van der Waals surface area contributed by atoms with Gasteiger partial charge in [0.15, 0.2) is 6.10 Å². The molecule has 0 spiro atoms. The summed E-state index contributed by atoms with van der Waals surface area (Å²) in [6.07, 6.45) is 92.3. The first-order chi connectivity index (χ1) is 41.0. The summed E-state index contributed by atoms with van der Waals surface area (Å²) in [5.74, 6) is -0.855. The number of likely N-dealkylation sites (N-methyl/N-ethyl adjacent to an activating group) is 1. The summed E-state index contributed by atoms with van der Waals surface area (Å²) in [6, 6.07) is 0. The van der Waals surface area contributed by atoms with Crippen LogP contribution < -0.4 is 4.89 Å². The number of allylic oxidation sites excluding steroid dienone is 22. The van der Waals surface area contributed by atoms with E-state index in [1.54, 1.807) is 0 Å². The Morgan fingerprint density at radius 1 is 0.381 bits per heavy atom. The second-order valence-electron chi connectivity index (χ2n) is 23.5. The van der Waals surface area contributed by atoms with E-state index in [1.807, 2.05) is 21.1 Å². The van der Waals surface area contributed by atoms with Crippen LogP contribution in [0, 0.1) is 0 Å². The number of hydrogen-bond acceptors (Lipinski definition) is 8. The van der Waals surface area contributed by atoms with Crippen molar-refractivity contribution in [2.75, 3.05) is 47.5 Å². The van der Waals surface area contributed by atoms with Gasteiger partial charge in [-0.3, -0.25) is 14.2 Å². The van der Waals surface area contributed by atoms with E-state index in [0.717, 1.165) is 122 Å². The van der Waals surface area contributed by atoms with E-state index in [9.17, 15) is 19.0 Å². The number of carbonyl (C=O) groups is 2. The molecule has 2 unspecified atom stereocenters. The van der Waals surface area contributed by atoms with Crippen molar-refractivity contribution in [3.8, 4) is 0 Å². The summed E-state index contributed by atoms with van der Waals surface area (Å²) in [4.78, 5) is 38.0. The van der Waals surface area contributed by atoms with Gasteiger partial charge in [0.2, 0.25) is 0 Å². The minimum atomic E-state index is -4.65. The van der Waals surface area contributed by atoms with E-state index in [-0.39, 0.29) is 32.0 Å². The van der Waals surface area contributed by atoms with Crippen LogP contribution in [0.5, 0.6) is 0 Å². The predicted octanol–water partition coefficient (Wildman–Crippen LogP) is 21.4. The third-order valence-corrected chi connectivity index (χ3v) is 15.1. The Hall–Kier alpha value is -3.85. The van der Waals surface area contributed by atoms with Crippen molar-refractivity contribution in [2.45, 2.75) is 277 Å². The standard InChI is InChI=1S/C74H126NO8P/c1-6-8-10-12-14-16-18-20-22-24-26-28-29-30-31-32-33-34-35-36-37-38-39-40-41-42-43-44-45-47-49-51-53-55-57-59-61-63-65-67-74(77)83-72(71-82-84(78,79)81-69-68-75(3,4)5)70-80-73(76)66-64-62-60-58-56-54-52-50-48-46-27-25-23-21-19-17-15-13-11-9-7-2/h8,10,14,16,20,22,26,28,30-31,33-34,36-37,39-40,42-43,45,47,51,53,72H,6-7,9,11-13,15,17-19,21,23-25,27,29,32,35,38,41,44,46,48-50,52,54-71H2,1-5H3/b10-8-,16-14-,22-20-,28-26-,31-30-,34-33-,37-36-,40-39-,43-42-,47-45-,53-51-. The van der Waals surface area contributed by atoms with Crippen LogP contribution in [0.25, 0.3) is 0 Å². The molecular formula is C74H126NO8P. The maximum atomic E-state index is 12.8. The maximum absolute atomic E-state index is 12.8. The molecule has 0 bridgehead atoms. The third-order valence-electron chi connectivity index (χ3n) is 14.2. The lowest BCUT2D eigenvalue weighted by Crippen LogP contribution is -2.37. The molecule has 9 nitrogen and oxygen atoms in total. The van der Waals surface area contributed by atoms with Gasteiger partial charge in [0, 0.05) is 12.8 Å². The number of carbonyl (C=O) groups excluding carboxylic acids is 2. The van der Waals surface area contributed by atoms with Crippen LogP contribution in [-0.4, -0.2) is 70.0 Å². The van der Waals surface area contributed by atoms with Gasteiger partial charge in [-0.25, -0.2) is 0 Å². The summed E-state index contributed by atoms with van der Waals surface area (Å²) in [7, 11) is 1.14. The lowest BCUT2D eigenvalue weighted by atomic mass is 10.0. The Labute approximate surface area is 517 Å². The largest absolute Gasteiger partial charge is 0.756 e.